The number of carbonyl (C=O) groups excluding carboxylic acids is 1. The summed E-state index contributed by atoms with van der Waals surface area (Å²) in [7, 11) is -3.02. The molecule has 4 heteroatoms. The number of hydrogen-bond donors (Lipinski definition) is 0. The van der Waals surface area contributed by atoms with Crippen molar-refractivity contribution in [1.82, 2.24) is 0 Å². The molecule has 2 aliphatic carbocycles. The zero-order valence-corrected chi connectivity index (χ0v) is 21.0. The van der Waals surface area contributed by atoms with Gasteiger partial charge in [-0.15, -0.1) is 0 Å². The predicted octanol–water partition coefficient (Wildman–Crippen LogP) is 7.39. The molecular formula is C27H40O3S. The third kappa shape index (κ3) is 9.39. The summed E-state index contributed by atoms with van der Waals surface area (Å²) in [6, 6.07) is 14.8. The van der Waals surface area contributed by atoms with Gasteiger partial charge in [0.15, 0.2) is 15.6 Å². The van der Waals surface area contributed by atoms with Crippen LogP contribution in [0.4, 0.5) is 0 Å². The summed E-state index contributed by atoms with van der Waals surface area (Å²) in [6.07, 6.45) is 8.88. The lowest BCUT2D eigenvalue weighted by Crippen LogP contribution is -2.13. The van der Waals surface area contributed by atoms with Gasteiger partial charge < -0.3 is 0 Å². The molecule has 2 aromatic rings. The first-order valence-electron chi connectivity index (χ1n) is 11.6. The van der Waals surface area contributed by atoms with Crippen LogP contribution < -0.4 is 0 Å². The normalized spacial score (nSPS) is 17.7. The number of aryl methyl sites for hydroxylation is 1. The quantitative estimate of drug-likeness (QED) is 0.461. The number of fused-ring (bicyclic) bond motifs is 1. The van der Waals surface area contributed by atoms with Crippen LogP contribution in [0.25, 0.3) is 0 Å². The minimum absolute atomic E-state index is 0.309. The van der Waals surface area contributed by atoms with Crippen LogP contribution >= 0.6 is 0 Å². The van der Waals surface area contributed by atoms with Crippen LogP contribution in [-0.4, -0.2) is 20.5 Å². The molecule has 0 heterocycles. The molecule has 1 saturated carbocycles. The van der Waals surface area contributed by atoms with Crippen LogP contribution in [0.3, 0.4) is 0 Å². The van der Waals surface area contributed by atoms with Gasteiger partial charge in [0.05, 0.1) is 4.90 Å². The molecule has 172 valence electrons. The Morgan fingerprint density at radius 3 is 1.84 bits per heavy atom. The second-order valence-corrected chi connectivity index (χ2v) is 10.4. The topological polar surface area (TPSA) is 51.2 Å². The second-order valence-electron chi connectivity index (χ2n) is 8.42. The average Bonchev–Trinajstić information content (AvgIpc) is 3.24. The molecule has 0 radical (unpaired) electrons. The number of benzene rings is 2. The van der Waals surface area contributed by atoms with Gasteiger partial charge in [-0.1, -0.05) is 95.3 Å². The number of ketones is 1. The van der Waals surface area contributed by atoms with Crippen molar-refractivity contribution in [3.63, 3.8) is 0 Å². The molecule has 0 aromatic heterocycles. The summed E-state index contributed by atoms with van der Waals surface area (Å²) in [5.41, 5.74) is 3.24. The van der Waals surface area contributed by atoms with E-state index >= 15 is 0 Å². The zero-order chi connectivity index (χ0) is 23.4. The van der Waals surface area contributed by atoms with Crippen LogP contribution in [0.2, 0.25) is 0 Å². The molecule has 0 saturated heterocycles. The molecule has 0 spiro atoms. The Balaban J connectivity index is 0.000000234. The summed E-state index contributed by atoms with van der Waals surface area (Å²) >= 11 is 0. The molecular weight excluding hydrogens is 404 g/mol. The Morgan fingerprint density at radius 2 is 1.39 bits per heavy atom. The highest BCUT2D eigenvalue weighted by Crippen LogP contribution is 2.30. The third-order valence-corrected chi connectivity index (χ3v) is 6.82. The molecule has 1 atom stereocenters. The van der Waals surface area contributed by atoms with E-state index in [1.165, 1.54) is 37.5 Å². The Bertz CT molecular complexity index is 892. The maximum atomic E-state index is 11.4. The fraction of sp³-hybridized carbons (Fsp3) is 0.519. The molecule has 31 heavy (non-hydrogen) atoms. The van der Waals surface area contributed by atoms with Crippen molar-refractivity contribution in [3.8, 4) is 0 Å². The maximum Gasteiger partial charge on any atom is 0.175 e. The van der Waals surface area contributed by atoms with E-state index in [1.807, 2.05) is 39.0 Å². The van der Waals surface area contributed by atoms with Gasteiger partial charge in [0.25, 0.3) is 0 Å². The van der Waals surface area contributed by atoms with E-state index in [2.05, 4.69) is 19.9 Å². The fourth-order valence-electron chi connectivity index (χ4n) is 3.73. The molecule has 1 fully saturated rings. The Morgan fingerprint density at radius 1 is 0.839 bits per heavy atom. The predicted molar refractivity (Wildman–Crippen MR) is 132 cm³/mol. The van der Waals surface area contributed by atoms with Crippen LogP contribution in [0.1, 0.15) is 93.6 Å². The van der Waals surface area contributed by atoms with Gasteiger partial charge in [-0.2, -0.15) is 0 Å². The molecule has 2 aliphatic rings. The van der Waals surface area contributed by atoms with E-state index in [9.17, 15) is 13.2 Å². The molecule has 1 unspecified atom stereocenters. The Kier molecular flexibility index (Phi) is 11.8. The monoisotopic (exact) mass is 444 g/mol. The first kappa shape index (κ1) is 27.1. The minimum Gasteiger partial charge on any atom is -0.294 e. The summed E-state index contributed by atoms with van der Waals surface area (Å²) in [5, 5.41) is 0. The molecule has 3 nitrogen and oxygen atoms in total. The fourth-order valence-corrected chi connectivity index (χ4v) is 4.36. The van der Waals surface area contributed by atoms with Crippen molar-refractivity contribution in [3.05, 3.63) is 65.2 Å². The van der Waals surface area contributed by atoms with Gasteiger partial charge in [-0.3, -0.25) is 4.79 Å². The van der Waals surface area contributed by atoms with Crippen LogP contribution in [0.15, 0.2) is 53.4 Å². The summed E-state index contributed by atoms with van der Waals surface area (Å²) in [6.45, 7) is 10.4. The van der Waals surface area contributed by atoms with E-state index in [0.717, 1.165) is 29.9 Å². The van der Waals surface area contributed by atoms with Gasteiger partial charge in [0.1, 0.15) is 0 Å². The van der Waals surface area contributed by atoms with Crippen LogP contribution in [0, 0.1) is 12.8 Å². The lowest BCUT2D eigenvalue weighted by molar-refractivity contribution is 0.0968. The highest BCUT2D eigenvalue weighted by Gasteiger charge is 2.21. The second kappa shape index (κ2) is 13.5. The summed E-state index contributed by atoms with van der Waals surface area (Å²) in [5.74, 6) is 1.91. The van der Waals surface area contributed by atoms with Crippen LogP contribution in [-0.2, 0) is 9.84 Å². The first-order valence-corrected chi connectivity index (χ1v) is 13.5. The van der Waals surface area contributed by atoms with E-state index in [1.54, 1.807) is 24.3 Å². The van der Waals surface area contributed by atoms with Crippen molar-refractivity contribution in [2.75, 3.05) is 6.26 Å². The minimum atomic E-state index is -3.02. The molecule has 0 N–H and O–H groups in total. The maximum absolute atomic E-state index is 11.4. The number of rotatable bonds is 1. The Labute approximate surface area is 190 Å². The molecule has 0 bridgehead atoms. The van der Waals surface area contributed by atoms with Gasteiger partial charge in [-0.05, 0) is 42.9 Å². The van der Waals surface area contributed by atoms with E-state index in [-0.39, 0.29) is 0 Å². The average molecular weight is 445 g/mol. The van der Waals surface area contributed by atoms with Crippen molar-refractivity contribution >= 4 is 15.6 Å². The lowest BCUT2D eigenvalue weighted by Gasteiger charge is -2.20. The van der Waals surface area contributed by atoms with E-state index in [4.69, 9.17) is 0 Å². The molecule has 4 rings (SSSR count). The van der Waals surface area contributed by atoms with Crippen molar-refractivity contribution in [2.24, 2.45) is 5.92 Å². The van der Waals surface area contributed by atoms with Gasteiger partial charge in [0, 0.05) is 18.2 Å². The molecule has 0 aliphatic heterocycles. The summed E-state index contributed by atoms with van der Waals surface area (Å²) in [4.78, 5) is 11.8. The van der Waals surface area contributed by atoms with Crippen LogP contribution in [0.5, 0.6) is 0 Å². The van der Waals surface area contributed by atoms with Gasteiger partial charge >= 0.3 is 0 Å². The van der Waals surface area contributed by atoms with Crippen molar-refractivity contribution in [2.45, 2.75) is 84.0 Å². The standard InChI is InChI=1S/C11H12O.C8H10O2S.C6H12.C2H6/c1-8-6-7-11(12)10-5-3-2-4-9(8)10;1-7-3-5-8(6-4-7)11(2,9)10;1-6-4-2-3-5-6;1-2/h2-5,8H,6-7H2,1H3;3-6H,1-2H3;6H,2-5H2,1H3;1-2H3. The Hall–Kier alpha value is -1.94. The van der Waals surface area contributed by atoms with E-state index < -0.39 is 9.84 Å². The smallest absolute Gasteiger partial charge is 0.175 e. The van der Waals surface area contributed by atoms with Gasteiger partial charge in [-0.25, -0.2) is 8.42 Å². The SMILES string of the molecule is CC.CC1CCC(=O)c2ccccc21.CC1CCCC1.Cc1ccc(S(C)(=O)=O)cc1. The van der Waals surface area contributed by atoms with E-state index in [0.29, 0.717) is 16.6 Å². The zero-order valence-electron chi connectivity index (χ0n) is 20.1. The van der Waals surface area contributed by atoms with Gasteiger partial charge in [0.2, 0.25) is 0 Å². The number of hydrogen-bond acceptors (Lipinski definition) is 3. The largest absolute Gasteiger partial charge is 0.294 e. The number of sulfone groups is 1. The highest BCUT2D eigenvalue weighted by atomic mass is 32.2. The molecule has 0 amide bonds. The molecule has 2 aromatic carbocycles. The first-order chi connectivity index (χ1) is 14.7. The lowest BCUT2D eigenvalue weighted by atomic mass is 9.83. The van der Waals surface area contributed by atoms with Crippen molar-refractivity contribution in [1.29, 1.82) is 0 Å². The number of Topliss-reactive ketones (excluding diaryl/α,β-unsaturated/α-hetero) is 1. The summed E-state index contributed by atoms with van der Waals surface area (Å²) < 4.78 is 21.9. The van der Waals surface area contributed by atoms with Crippen molar-refractivity contribution < 1.29 is 13.2 Å². The number of carbonyl (C=O) groups is 1. The highest BCUT2D eigenvalue weighted by molar-refractivity contribution is 7.90. The third-order valence-electron chi connectivity index (χ3n) is 5.69.